The molecule has 1 atom stereocenters. The summed E-state index contributed by atoms with van der Waals surface area (Å²) >= 11 is 0. The molecule has 1 aromatic rings. The molecule has 0 aliphatic heterocycles. The zero-order chi connectivity index (χ0) is 12.2. The number of aliphatic hydroxyl groups is 1. The Kier molecular flexibility index (Phi) is 4.26. The van der Waals surface area contributed by atoms with Crippen LogP contribution in [0, 0.1) is 0 Å². The molecule has 90 valence electrons. The minimum atomic E-state index is -0.418. The molecular weight excluding hydrogens is 204 g/mol. The number of nitrogens with zero attached hydrogens (tertiary/aromatic N) is 1. The van der Waals surface area contributed by atoms with Gasteiger partial charge in [0, 0.05) is 18.2 Å². The van der Waals surface area contributed by atoms with Gasteiger partial charge in [-0.25, -0.2) is 4.98 Å². The Hall–Kier alpha value is -1.13. The summed E-state index contributed by atoms with van der Waals surface area (Å²) in [6, 6.07) is 5.63. The molecule has 1 heterocycles. The van der Waals surface area contributed by atoms with E-state index in [1.165, 1.54) is 0 Å². The van der Waals surface area contributed by atoms with Crippen molar-refractivity contribution in [1.82, 2.24) is 10.3 Å². The average molecular weight is 224 g/mol. The van der Waals surface area contributed by atoms with Crippen molar-refractivity contribution in [2.24, 2.45) is 0 Å². The van der Waals surface area contributed by atoms with Crippen LogP contribution in [0.3, 0.4) is 0 Å². The molecule has 0 saturated carbocycles. The molecule has 0 amide bonds. The van der Waals surface area contributed by atoms with E-state index < -0.39 is 6.10 Å². The second-order valence-electron chi connectivity index (χ2n) is 4.42. The fraction of sp³-hybridized carbons (Fsp3) is 0.583. The Balaban J connectivity index is 2.60. The van der Waals surface area contributed by atoms with Gasteiger partial charge < -0.3 is 15.2 Å². The standard InChI is InChI=1S/C12H20N2O2/c1-9(15)12(2,3)13-8-10-6-5-7-11(14-10)16-4/h5-7,9,13,15H,8H2,1-4H3. The number of ether oxygens (including phenoxy) is 1. The summed E-state index contributed by atoms with van der Waals surface area (Å²) in [5.74, 6) is 0.606. The third kappa shape index (κ3) is 3.47. The maximum Gasteiger partial charge on any atom is 0.213 e. The lowest BCUT2D eigenvalue weighted by Crippen LogP contribution is -2.47. The number of hydrogen-bond donors (Lipinski definition) is 2. The third-order valence-corrected chi connectivity index (χ3v) is 2.76. The smallest absolute Gasteiger partial charge is 0.213 e. The Morgan fingerprint density at radius 3 is 2.75 bits per heavy atom. The van der Waals surface area contributed by atoms with Crippen LogP contribution in [-0.2, 0) is 6.54 Å². The number of pyridine rings is 1. The maximum absolute atomic E-state index is 9.55. The van der Waals surface area contributed by atoms with E-state index in [9.17, 15) is 5.11 Å². The summed E-state index contributed by atoms with van der Waals surface area (Å²) in [4.78, 5) is 4.29. The van der Waals surface area contributed by atoms with E-state index in [-0.39, 0.29) is 5.54 Å². The Labute approximate surface area is 96.7 Å². The molecule has 2 N–H and O–H groups in total. The average Bonchev–Trinajstić information content (AvgIpc) is 2.26. The summed E-state index contributed by atoms with van der Waals surface area (Å²) in [5.41, 5.74) is 0.568. The van der Waals surface area contributed by atoms with Crippen molar-refractivity contribution in [1.29, 1.82) is 0 Å². The largest absolute Gasteiger partial charge is 0.481 e. The lowest BCUT2D eigenvalue weighted by Gasteiger charge is -2.29. The van der Waals surface area contributed by atoms with Gasteiger partial charge in [0.1, 0.15) is 0 Å². The van der Waals surface area contributed by atoms with Gasteiger partial charge in [0.2, 0.25) is 5.88 Å². The second kappa shape index (κ2) is 5.27. The summed E-state index contributed by atoms with van der Waals surface area (Å²) < 4.78 is 5.05. The van der Waals surface area contributed by atoms with Gasteiger partial charge in [0.05, 0.1) is 18.9 Å². The van der Waals surface area contributed by atoms with Gasteiger partial charge in [-0.3, -0.25) is 0 Å². The molecule has 4 nitrogen and oxygen atoms in total. The monoisotopic (exact) mass is 224 g/mol. The van der Waals surface area contributed by atoms with Crippen molar-refractivity contribution in [3.05, 3.63) is 23.9 Å². The second-order valence-corrected chi connectivity index (χ2v) is 4.42. The van der Waals surface area contributed by atoms with Crippen molar-refractivity contribution in [3.63, 3.8) is 0 Å². The number of methoxy groups -OCH3 is 1. The van der Waals surface area contributed by atoms with Gasteiger partial charge in [-0.05, 0) is 26.8 Å². The van der Waals surface area contributed by atoms with Crippen molar-refractivity contribution in [3.8, 4) is 5.88 Å². The lowest BCUT2D eigenvalue weighted by atomic mass is 9.99. The van der Waals surface area contributed by atoms with Gasteiger partial charge in [0.25, 0.3) is 0 Å². The van der Waals surface area contributed by atoms with E-state index in [1.807, 2.05) is 32.0 Å². The van der Waals surface area contributed by atoms with Crippen molar-refractivity contribution >= 4 is 0 Å². The van der Waals surface area contributed by atoms with Crippen LogP contribution in [-0.4, -0.2) is 28.8 Å². The number of aromatic nitrogens is 1. The highest BCUT2D eigenvalue weighted by Crippen LogP contribution is 2.11. The van der Waals surface area contributed by atoms with E-state index in [0.717, 1.165) is 5.69 Å². The highest BCUT2D eigenvalue weighted by atomic mass is 16.5. The molecule has 1 rings (SSSR count). The van der Waals surface area contributed by atoms with Gasteiger partial charge in [-0.15, -0.1) is 0 Å². The molecule has 0 radical (unpaired) electrons. The van der Waals surface area contributed by atoms with E-state index in [1.54, 1.807) is 14.0 Å². The van der Waals surface area contributed by atoms with Crippen molar-refractivity contribution in [2.45, 2.75) is 39.0 Å². The first-order chi connectivity index (χ1) is 7.45. The predicted molar refractivity (Wildman–Crippen MR) is 63.4 cm³/mol. The minimum absolute atomic E-state index is 0.329. The third-order valence-electron chi connectivity index (χ3n) is 2.76. The van der Waals surface area contributed by atoms with E-state index in [2.05, 4.69) is 10.3 Å². The van der Waals surface area contributed by atoms with Gasteiger partial charge >= 0.3 is 0 Å². The molecule has 1 aromatic heterocycles. The SMILES string of the molecule is COc1cccc(CNC(C)(C)C(C)O)n1. The zero-order valence-corrected chi connectivity index (χ0v) is 10.3. The van der Waals surface area contributed by atoms with Crippen LogP contribution >= 0.6 is 0 Å². The van der Waals surface area contributed by atoms with Crippen molar-refractivity contribution in [2.75, 3.05) is 7.11 Å². The van der Waals surface area contributed by atoms with Crippen LogP contribution in [0.1, 0.15) is 26.5 Å². The topological polar surface area (TPSA) is 54.4 Å². The lowest BCUT2D eigenvalue weighted by molar-refractivity contribution is 0.0954. The van der Waals surface area contributed by atoms with Crippen LogP contribution < -0.4 is 10.1 Å². The van der Waals surface area contributed by atoms with Crippen LogP contribution in [0.4, 0.5) is 0 Å². The summed E-state index contributed by atoms with van der Waals surface area (Å²) in [6.45, 7) is 6.29. The summed E-state index contributed by atoms with van der Waals surface area (Å²) in [5, 5.41) is 12.8. The van der Waals surface area contributed by atoms with Gasteiger partial charge in [0.15, 0.2) is 0 Å². The van der Waals surface area contributed by atoms with Crippen molar-refractivity contribution < 1.29 is 9.84 Å². The van der Waals surface area contributed by atoms with Crippen LogP contribution in [0.25, 0.3) is 0 Å². The zero-order valence-electron chi connectivity index (χ0n) is 10.3. The van der Waals surface area contributed by atoms with E-state index in [4.69, 9.17) is 4.74 Å². The predicted octanol–water partition coefficient (Wildman–Crippen LogP) is 1.34. The molecular formula is C12H20N2O2. The Bertz CT molecular complexity index is 338. The quantitative estimate of drug-likeness (QED) is 0.792. The first kappa shape index (κ1) is 12.9. The molecule has 0 aliphatic rings. The minimum Gasteiger partial charge on any atom is -0.481 e. The van der Waals surface area contributed by atoms with E-state index in [0.29, 0.717) is 12.4 Å². The molecule has 0 bridgehead atoms. The Morgan fingerprint density at radius 1 is 1.50 bits per heavy atom. The van der Waals surface area contributed by atoms with Gasteiger partial charge in [-0.2, -0.15) is 0 Å². The molecule has 0 aliphatic carbocycles. The van der Waals surface area contributed by atoms with Crippen LogP contribution in [0.5, 0.6) is 5.88 Å². The molecule has 0 aromatic carbocycles. The van der Waals surface area contributed by atoms with Crippen LogP contribution in [0.2, 0.25) is 0 Å². The molecule has 0 spiro atoms. The molecule has 0 saturated heterocycles. The fourth-order valence-electron chi connectivity index (χ4n) is 1.14. The Morgan fingerprint density at radius 2 is 2.19 bits per heavy atom. The fourth-order valence-corrected chi connectivity index (χ4v) is 1.14. The van der Waals surface area contributed by atoms with E-state index >= 15 is 0 Å². The number of rotatable bonds is 5. The highest BCUT2D eigenvalue weighted by Gasteiger charge is 2.22. The normalized spacial score (nSPS) is 13.6. The molecule has 16 heavy (non-hydrogen) atoms. The van der Waals surface area contributed by atoms with Crippen LogP contribution in [0.15, 0.2) is 18.2 Å². The number of aliphatic hydroxyl groups excluding tert-OH is 1. The maximum atomic E-state index is 9.55. The number of nitrogens with one attached hydrogen (secondary N) is 1. The highest BCUT2D eigenvalue weighted by molar-refractivity contribution is 5.15. The molecule has 1 unspecified atom stereocenters. The first-order valence-corrected chi connectivity index (χ1v) is 5.38. The first-order valence-electron chi connectivity index (χ1n) is 5.38. The summed E-state index contributed by atoms with van der Waals surface area (Å²) in [6.07, 6.45) is -0.418. The number of hydrogen-bond acceptors (Lipinski definition) is 4. The molecule has 0 fully saturated rings. The summed E-state index contributed by atoms with van der Waals surface area (Å²) in [7, 11) is 1.60. The van der Waals surface area contributed by atoms with Gasteiger partial charge in [-0.1, -0.05) is 6.07 Å². The molecule has 4 heteroatoms.